The minimum atomic E-state index is 0.0978. The highest BCUT2D eigenvalue weighted by molar-refractivity contribution is 5.96. The number of carbonyl (C=O) groups is 2. The Bertz CT molecular complexity index is 605. The lowest BCUT2D eigenvalue weighted by Gasteiger charge is -2.24. The van der Waals surface area contributed by atoms with Crippen molar-refractivity contribution < 1.29 is 9.59 Å². The Kier molecular flexibility index (Phi) is 3.31. The minimum absolute atomic E-state index is 0.0978. The highest BCUT2D eigenvalue weighted by Gasteiger charge is 2.53. The third-order valence-electron chi connectivity index (χ3n) is 5.49. The first-order valence-corrected chi connectivity index (χ1v) is 8.46. The standard InChI is InChI=1S/C17H23N3O2/c1-19-10-12(9-18-19)16(21)7-13-3-2-6-20(13)17(22)15-8-14(15)11-4-5-11/h9-11,13-15H,2-8H2,1H3/t13-,14-,15-/m0/s1. The molecule has 3 fully saturated rings. The van der Waals surface area contributed by atoms with Crippen molar-refractivity contribution >= 4 is 11.7 Å². The molecule has 0 spiro atoms. The lowest BCUT2D eigenvalue weighted by Crippen LogP contribution is -2.38. The molecule has 0 radical (unpaired) electrons. The Labute approximate surface area is 130 Å². The Morgan fingerprint density at radius 3 is 2.82 bits per heavy atom. The van der Waals surface area contributed by atoms with E-state index in [0.29, 0.717) is 23.8 Å². The Morgan fingerprint density at radius 2 is 2.14 bits per heavy atom. The second-order valence-electron chi connectivity index (χ2n) is 7.20. The monoisotopic (exact) mass is 301 g/mol. The van der Waals surface area contributed by atoms with E-state index in [1.54, 1.807) is 17.1 Å². The molecular weight excluding hydrogens is 278 g/mol. The average Bonchev–Trinajstić information content (AvgIpc) is 3.38. The Hall–Kier alpha value is -1.65. The molecule has 5 heteroatoms. The topological polar surface area (TPSA) is 55.2 Å². The number of Topliss-reactive ketones (excluding diaryl/α,β-unsaturated/α-hetero) is 1. The molecule has 3 atom stereocenters. The molecule has 1 aliphatic heterocycles. The predicted molar refractivity (Wildman–Crippen MR) is 81.2 cm³/mol. The van der Waals surface area contributed by atoms with Crippen molar-refractivity contribution in [2.75, 3.05) is 6.54 Å². The summed E-state index contributed by atoms with van der Waals surface area (Å²) in [6.45, 7) is 0.831. The molecule has 0 N–H and O–H groups in total. The Morgan fingerprint density at radius 1 is 1.32 bits per heavy atom. The van der Waals surface area contributed by atoms with Crippen molar-refractivity contribution in [3.05, 3.63) is 18.0 Å². The van der Waals surface area contributed by atoms with Crippen molar-refractivity contribution in [2.45, 2.75) is 44.6 Å². The molecule has 1 amide bonds. The van der Waals surface area contributed by atoms with Crippen LogP contribution in [0.3, 0.4) is 0 Å². The first kappa shape index (κ1) is 14.0. The fourth-order valence-corrected chi connectivity index (χ4v) is 3.99. The maximum Gasteiger partial charge on any atom is 0.226 e. The number of rotatable bonds is 5. The summed E-state index contributed by atoms with van der Waals surface area (Å²) >= 11 is 0. The van der Waals surface area contributed by atoms with Gasteiger partial charge in [-0.3, -0.25) is 14.3 Å². The summed E-state index contributed by atoms with van der Waals surface area (Å²) in [6.07, 6.45) is 9.52. The second-order valence-corrected chi connectivity index (χ2v) is 7.20. The number of nitrogens with zero attached hydrogens (tertiary/aromatic N) is 3. The van der Waals surface area contributed by atoms with Crippen LogP contribution in [0.15, 0.2) is 12.4 Å². The van der Waals surface area contributed by atoms with Crippen molar-refractivity contribution in [2.24, 2.45) is 24.8 Å². The zero-order valence-corrected chi connectivity index (χ0v) is 13.1. The largest absolute Gasteiger partial charge is 0.339 e. The van der Waals surface area contributed by atoms with Gasteiger partial charge in [0.25, 0.3) is 0 Å². The van der Waals surface area contributed by atoms with E-state index in [0.717, 1.165) is 31.7 Å². The quantitative estimate of drug-likeness (QED) is 0.782. The van der Waals surface area contributed by atoms with Crippen LogP contribution in [0.1, 0.15) is 48.9 Å². The molecule has 22 heavy (non-hydrogen) atoms. The number of amides is 1. The van der Waals surface area contributed by atoms with Gasteiger partial charge in [0.1, 0.15) is 0 Å². The van der Waals surface area contributed by atoms with Crippen LogP contribution in [-0.2, 0) is 11.8 Å². The normalized spacial score (nSPS) is 30.6. The molecule has 2 saturated carbocycles. The van der Waals surface area contributed by atoms with Gasteiger partial charge in [-0.1, -0.05) is 0 Å². The molecule has 0 bridgehead atoms. The maximum absolute atomic E-state index is 12.7. The lowest BCUT2D eigenvalue weighted by molar-refractivity contribution is -0.133. The number of carbonyl (C=O) groups excluding carboxylic acids is 2. The van der Waals surface area contributed by atoms with Crippen LogP contribution in [0.5, 0.6) is 0 Å². The van der Waals surface area contributed by atoms with Gasteiger partial charge in [-0.2, -0.15) is 5.10 Å². The smallest absolute Gasteiger partial charge is 0.226 e. The van der Waals surface area contributed by atoms with E-state index < -0.39 is 0 Å². The van der Waals surface area contributed by atoms with E-state index in [9.17, 15) is 9.59 Å². The summed E-state index contributed by atoms with van der Waals surface area (Å²) in [4.78, 5) is 27.0. The van der Waals surface area contributed by atoms with Gasteiger partial charge >= 0.3 is 0 Å². The summed E-state index contributed by atoms with van der Waals surface area (Å²) < 4.78 is 1.65. The van der Waals surface area contributed by atoms with Gasteiger partial charge in [-0.25, -0.2) is 0 Å². The van der Waals surface area contributed by atoms with Gasteiger partial charge in [0.2, 0.25) is 5.91 Å². The van der Waals surface area contributed by atoms with E-state index >= 15 is 0 Å². The van der Waals surface area contributed by atoms with Crippen LogP contribution in [0.25, 0.3) is 0 Å². The van der Waals surface area contributed by atoms with Gasteiger partial charge in [0.15, 0.2) is 5.78 Å². The number of hydrogen-bond acceptors (Lipinski definition) is 3. The zero-order valence-electron chi connectivity index (χ0n) is 13.1. The molecule has 2 aliphatic carbocycles. The van der Waals surface area contributed by atoms with Crippen LogP contribution in [0, 0.1) is 17.8 Å². The van der Waals surface area contributed by atoms with Crippen molar-refractivity contribution in [3.63, 3.8) is 0 Å². The summed E-state index contributed by atoms with van der Waals surface area (Å²) in [7, 11) is 1.81. The van der Waals surface area contributed by atoms with Crippen molar-refractivity contribution in [1.29, 1.82) is 0 Å². The molecule has 0 aromatic carbocycles. The fraction of sp³-hybridized carbons (Fsp3) is 0.706. The number of aromatic nitrogens is 2. The lowest BCUT2D eigenvalue weighted by atomic mass is 10.0. The molecule has 1 saturated heterocycles. The Balaban J connectivity index is 1.38. The fourth-order valence-electron chi connectivity index (χ4n) is 3.99. The van der Waals surface area contributed by atoms with E-state index in [-0.39, 0.29) is 17.7 Å². The molecule has 4 rings (SSSR count). The zero-order chi connectivity index (χ0) is 15.3. The predicted octanol–water partition coefficient (Wildman–Crippen LogP) is 2.03. The SMILES string of the molecule is Cn1cc(C(=O)C[C@@H]2CCCN2C(=O)[C@H]2C[C@H]2C2CC2)cn1. The summed E-state index contributed by atoms with van der Waals surface area (Å²) in [5.74, 6) is 2.17. The number of aryl methyl sites for hydroxylation is 1. The van der Waals surface area contributed by atoms with E-state index in [2.05, 4.69) is 5.10 Å². The van der Waals surface area contributed by atoms with Gasteiger partial charge in [0, 0.05) is 38.2 Å². The average molecular weight is 301 g/mol. The van der Waals surface area contributed by atoms with Gasteiger partial charge in [-0.05, 0) is 43.9 Å². The molecule has 118 valence electrons. The highest BCUT2D eigenvalue weighted by Crippen LogP contribution is 2.55. The second kappa shape index (κ2) is 5.21. The van der Waals surface area contributed by atoms with E-state index in [4.69, 9.17) is 0 Å². The number of likely N-dealkylation sites (tertiary alicyclic amines) is 1. The van der Waals surface area contributed by atoms with Crippen LogP contribution in [0.2, 0.25) is 0 Å². The molecular formula is C17H23N3O2. The van der Waals surface area contributed by atoms with Gasteiger partial charge < -0.3 is 4.90 Å². The van der Waals surface area contributed by atoms with Crippen molar-refractivity contribution in [3.8, 4) is 0 Å². The summed E-state index contributed by atoms with van der Waals surface area (Å²) in [6, 6.07) is 0.0978. The molecule has 2 heterocycles. The third kappa shape index (κ3) is 2.57. The van der Waals surface area contributed by atoms with Crippen LogP contribution < -0.4 is 0 Å². The van der Waals surface area contributed by atoms with Crippen LogP contribution >= 0.6 is 0 Å². The van der Waals surface area contributed by atoms with Crippen LogP contribution in [0.4, 0.5) is 0 Å². The summed E-state index contributed by atoms with van der Waals surface area (Å²) in [5.41, 5.74) is 0.657. The number of hydrogen-bond donors (Lipinski definition) is 0. The first-order valence-electron chi connectivity index (χ1n) is 8.46. The van der Waals surface area contributed by atoms with E-state index in [1.165, 1.54) is 12.8 Å². The molecule has 5 nitrogen and oxygen atoms in total. The number of ketones is 1. The molecule has 3 aliphatic rings. The maximum atomic E-state index is 12.7. The molecule has 0 unspecified atom stereocenters. The molecule has 1 aromatic heterocycles. The van der Waals surface area contributed by atoms with Crippen molar-refractivity contribution in [1.82, 2.24) is 14.7 Å². The van der Waals surface area contributed by atoms with Gasteiger partial charge in [0.05, 0.1) is 11.8 Å². The summed E-state index contributed by atoms with van der Waals surface area (Å²) in [5, 5.41) is 4.06. The van der Waals surface area contributed by atoms with Crippen LogP contribution in [-0.4, -0.2) is 39.0 Å². The van der Waals surface area contributed by atoms with Gasteiger partial charge in [-0.15, -0.1) is 0 Å². The third-order valence-corrected chi connectivity index (χ3v) is 5.49. The van der Waals surface area contributed by atoms with E-state index in [1.807, 2.05) is 11.9 Å². The molecule has 1 aromatic rings. The minimum Gasteiger partial charge on any atom is -0.339 e. The first-order chi connectivity index (χ1) is 10.6. The highest BCUT2D eigenvalue weighted by atomic mass is 16.2.